The van der Waals surface area contributed by atoms with Crippen molar-refractivity contribution < 1.29 is 4.79 Å². The number of H-pyrrole nitrogens is 2. The number of imidazole rings is 1. The molecule has 0 saturated carbocycles. The number of aryl methyl sites for hydroxylation is 1. The maximum absolute atomic E-state index is 12.4. The summed E-state index contributed by atoms with van der Waals surface area (Å²) in [5, 5.41) is 4.22. The number of aromatic amines is 2. The zero-order valence-corrected chi connectivity index (χ0v) is 13.1. The van der Waals surface area contributed by atoms with Gasteiger partial charge in [-0.2, -0.15) is 14.6 Å². The van der Waals surface area contributed by atoms with Crippen molar-refractivity contribution in [3.63, 3.8) is 0 Å². The molecule has 0 radical (unpaired) electrons. The zero-order chi connectivity index (χ0) is 16.7. The number of nitrogens with zero attached hydrogens (tertiary/aromatic N) is 6. The number of piperazine rings is 1. The maximum atomic E-state index is 12.4. The Labute approximate surface area is 136 Å². The predicted octanol–water partition coefficient (Wildman–Crippen LogP) is -0.588. The zero-order valence-electron chi connectivity index (χ0n) is 13.1. The van der Waals surface area contributed by atoms with E-state index in [1.165, 1.54) is 12.5 Å². The summed E-state index contributed by atoms with van der Waals surface area (Å²) in [6, 6.07) is 1.96. The second-order valence-corrected chi connectivity index (χ2v) is 5.66. The van der Waals surface area contributed by atoms with Gasteiger partial charge in [0.25, 0.3) is 11.7 Å². The van der Waals surface area contributed by atoms with E-state index in [1.54, 1.807) is 9.42 Å². The molecule has 0 spiro atoms. The molecule has 2 N–H and O–H groups in total. The van der Waals surface area contributed by atoms with Crippen LogP contribution in [0.2, 0.25) is 0 Å². The van der Waals surface area contributed by atoms with Crippen LogP contribution in [-0.4, -0.2) is 66.5 Å². The van der Waals surface area contributed by atoms with Gasteiger partial charge < -0.3 is 19.8 Å². The van der Waals surface area contributed by atoms with Gasteiger partial charge >= 0.3 is 5.69 Å². The lowest BCUT2D eigenvalue weighted by atomic mass is 10.2. The number of rotatable bonds is 2. The van der Waals surface area contributed by atoms with Gasteiger partial charge in [0.15, 0.2) is 0 Å². The Hall–Kier alpha value is -3.17. The topological polar surface area (TPSA) is 115 Å². The van der Waals surface area contributed by atoms with Gasteiger partial charge in [-0.15, -0.1) is 0 Å². The van der Waals surface area contributed by atoms with E-state index in [2.05, 4.69) is 29.9 Å². The maximum Gasteiger partial charge on any atom is 0.323 e. The summed E-state index contributed by atoms with van der Waals surface area (Å²) in [4.78, 5) is 40.8. The fourth-order valence-corrected chi connectivity index (χ4v) is 2.89. The van der Waals surface area contributed by atoms with Crippen LogP contribution < -0.4 is 10.6 Å². The Morgan fingerprint density at radius 3 is 2.75 bits per heavy atom. The molecule has 3 aromatic rings. The summed E-state index contributed by atoms with van der Waals surface area (Å²) >= 11 is 0. The van der Waals surface area contributed by atoms with Crippen molar-refractivity contribution in [1.82, 2.24) is 34.4 Å². The lowest BCUT2D eigenvalue weighted by Gasteiger charge is -2.35. The average molecular weight is 328 g/mol. The quantitative estimate of drug-likeness (QED) is 0.650. The lowest BCUT2D eigenvalue weighted by Crippen LogP contribution is -2.49. The number of fused-ring (bicyclic) bond motifs is 1. The fraction of sp³-hybridized carbons (Fsp3) is 0.357. The van der Waals surface area contributed by atoms with Crippen LogP contribution >= 0.6 is 0 Å². The minimum Gasteiger partial charge on any atom is -0.353 e. The normalized spacial score (nSPS) is 15.2. The molecule has 0 atom stereocenters. The standard InChI is InChI=1S/C14H16N8O2/c1-9-6-11(22-13(18-9)16-8-17-22)20-2-4-21(5-3-20)12(23)10-7-15-14(24)19-10/h6-8H,2-5H2,1H3,(H2,15,19,24). The van der Waals surface area contributed by atoms with Crippen LogP contribution in [0.3, 0.4) is 0 Å². The van der Waals surface area contributed by atoms with Crippen molar-refractivity contribution in [2.45, 2.75) is 6.92 Å². The Morgan fingerprint density at radius 1 is 1.25 bits per heavy atom. The van der Waals surface area contributed by atoms with E-state index < -0.39 is 0 Å². The molecule has 10 nitrogen and oxygen atoms in total. The Kier molecular flexibility index (Phi) is 3.29. The molecule has 0 unspecified atom stereocenters. The third-order valence-electron chi connectivity index (χ3n) is 4.08. The monoisotopic (exact) mass is 328 g/mol. The van der Waals surface area contributed by atoms with Crippen LogP contribution in [0.5, 0.6) is 0 Å². The van der Waals surface area contributed by atoms with Crippen LogP contribution in [0.15, 0.2) is 23.4 Å². The summed E-state index contributed by atoms with van der Waals surface area (Å²) in [5.41, 5.74) is 0.776. The molecule has 1 amide bonds. The molecule has 1 aliphatic rings. The van der Waals surface area contributed by atoms with Crippen molar-refractivity contribution in [2.75, 3.05) is 31.1 Å². The third kappa shape index (κ3) is 2.41. The molecule has 1 saturated heterocycles. The number of aromatic nitrogens is 6. The van der Waals surface area contributed by atoms with Gasteiger partial charge in [-0.25, -0.2) is 9.78 Å². The van der Waals surface area contributed by atoms with E-state index in [9.17, 15) is 9.59 Å². The molecular formula is C14H16N8O2. The number of carbonyl (C=O) groups is 1. The van der Waals surface area contributed by atoms with Gasteiger partial charge in [0, 0.05) is 44.1 Å². The van der Waals surface area contributed by atoms with Crippen LogP contribution in [0, 0.1) is 6.92 Å². The van der Waals surface area contributed by atoms with Gasteiger partial charge in [0.1, 0.15) is 17.8 Å². The van der Waals surface area contributed by atoms with E-state index in [0.717, 1.165) is 11.5 Å². The Morgan fingerprint density at radius 2 is 2.04 bits per heavy atom. The Balaban J connectivity index is 1.52. The predicted molar refractivity (Wildman–Crippen MR) is 85.0 cm³/mol. The highest BCUT2D eigenvalue weighted by atomic mass is 16.2. The fourth-order valence-electron chi connectivity index (χ4n) is 2.89. The molecule has 0 aliphatic carbocycles. The largest absolute Gasteiger partial charge is 0.353 e. The highest BCUT2D eigenvalue weighted by molar-refractivity contribution is 5.92. The second kappa shape index (κ2) is 5.48. The summed E-state index contributed by atoms with van der Waals surface area (Å²) in [6.07, 6.45) is 2.88. The van der Waals surface area contributed by atoms with Gasteiger partial charge in [-0.05, 0) is 6.92 Å². The molecular weight excluding hydrogens is 312 g/mol. The van der Waals surface area contributed by atoms with E-state index in [0.29, 0.717) is 32.0 Å². The van der Waals surface area contributed by atoms with E-state index in [-0.39, 0.29) is 17.3 Å². The Bertz CT molecular complexity index is 947. The second-order valence-electron chi connectivity index (χ2n) is 5.66. The number of hydrogen-bond donors (Lipinski definition) is 2. The van der Waals surface area contributed by atoms with Gasteiger partial charge in [0.2, 0.25) is 0 Å². The number of nitrogens with one attached hydrogen (secondary N) is 2. The van der Waals surface area contributed by atoms with Crippen molar-refractivity contribution in [1.29, 1.82) is 0 Å². The highest BCUT2D eigenvalue weighted by Gasteiger charge is 2.24. The van der Waals surface area contributed by atoms with Crippen LogP contribution in [0.25, 0.3) is 5.78 Å². The SMILES string of the molecule is Cc1cc(N2CCN(C(=O)c3c[nH]c(=O)[nH]3)CC2)n2ncnc2n1. The molecule has 4 rings (SSSR count). The lowest BCUT2D eigenvalue weighted by molar-refractivity contribution is 0.0741. The molecule has 124 valence electrons. The van der Waals surface area contributed by atoms with Crippen molar-refractivity contribution >= 4 is 17.5 Å². The van der Waals surface area contributed by atoms with Crippen molar-refractivity contribution in [2.24, 2.45) is 0 Å². The third-order valence-corrected chi connectivity index (χ3v) is 4.08. The molecule has 0 bridgehead atoms. The minimum atomic E-state index is -0.377. The first kappa shape index (κ1) is 14.4. The van der Waals surface area contributed by atoms with Crippen LogP contribution in [0.4, 0.5) is 5.82 Å². The molecule has 1 aliphatic heterocycles. The van der Waals surface area contributed by atoms with Gasteiger partial charge in [0.05, 0.1) is 0 Å². The first-order valence-electron chi connectivity index (χ1n) is 7.61. The van der Waals surface area contributed by atoms with Gasteiger partial charge in [-0.1, -0.05) is 0 Å². The van der Waals surface area contributed by atoms with E-state index in [1.807, 2.05) is 13.0 Å². The van der Waals surface area contributed by atoms with Gasteiger partial charge in [-0.3, -0.25) is 4.79 Å². The van der Waals surface area contributed by atoms with E-state index in [4.69, 9.17) is 0 Å². The van der Waals surface area contributed by atoms with Crippen LogP contribution in [-0.2, 0) is 0 Å². The molecule has 3 aromatic heterocycles. The molecule has 0 aromatic carbocycles. The summed E-state index contributed by atoms with van der Waals surface area (Å²) in [5.74, 6) is 1.30. The first-order valence-corrected chi connectivity index (χ1v) is 7.61. The average Bonchev–Trinajstić information content (AvgIpc) is 3.22. The molecule has 1 fully saturated rings. The summed E-state index contributed by atoms with van der Waals surface area (Å²) in [7, 11) is 0. The number of amides is 1. The number of carbonyl (C=O) groups excluding carboxylic acids is 1. The van der Waals surface area contributed by atoms with Crippen LogP contribution in [0.1, 0.15) is 16.2 Å². The smallest absolute Gasteiger partial charge is 0.323 e. The summed E-state index contributed by atoms with van der Waals surface area (Å²) in [6.45, 7) is 4.37. The van der Waals surface area contributed by atoms with Crippen molar-refractivity contribution in [3.8, 4) is 0 Å². The van der Waals surface area contributed by atoms with E-state index >= 15 is 0 Å². The number of anilines is 1. The molecule has 24 heavy (non-hydrogen) atoms. The minimum absolute atomic E-state index is 0.176. The molecule has 10 heteroatoms. The molecule has 4 heterocycles. The number of hydrogen-bond acceptors (Lipinski definition) is 6. The highest BCUT2D eigenvalue weighted by Crippen LogP contribution is 2.18. The van der Waals surface area contributed by atoms with Crippen molar-refractivity contribution in [3.05, 3.63) is 40.5 Å². The summed E-state index contributed by atoms with van der Waals surface area (Å²) < 4.78 is 1.70. The first-order chi connectivity index (χ1) is 11.6.